The van der Waals surface area contributed by atoms with Gasteiger partial charge in [-0.2, -0.15) is 0 Å². The number of benzene rings is 1. The first-order chi connectivity index (χ1) is 13.3. The molecule has 6 heteroatoms. The minimum absolute atomic E-state index is 0.492. The highest BCUT2D eigenvalue weighted by atomic mass is 16.5. The van der Waals surface area contributed by atoms with E-state index in [0.717, 1.165) is 49.2 Å². The number of methoxy groups -OCH3 is 1. The lowest BCUT2D eigenvalue weighted by Gasteiger charge is -2.12. The number of hydrogen-bond acceptors (Lipinski definition) is 4. The fourth-order valence-electron chi connectivity index (χ4n) is 2.61. The van der Waals surface area contributed by atoms with Gasteiger partial charge in [0.2, 0.25) is 0 Å². The van der Waals surface area contributed by atoms with Gasteiger partial charge in [-0.1, -0.05) is 12.1 Å². The molecule has 0 unspecified atom stereocenters. The van der Waals surface area contributed by atoms with E-state index in [1.807, 2.05) is 36.4 Å². The maximum atomic E-state index is 5.37. The lowest BCUT2D eigenvalue weighted by atomic mass is 10.1. The second kappa shape index (κ2) is 10.1. The third kappa shape index (κ3) is 6.26. The van der Waals surface area contributed by atoms with Gasteiger partial charge in [0.25, 0.3) is 0 Å². The highest BCUT2D eigenvalue weighted by Crippen LogP contribution is 2.11. The highest BCUT2D eigenvalue weighted by Gasteiger charge is 2.02. The maximum Gasteiger partial charge on any atom is 0.191 e. The molecular formula is C21H25N3O3. The number of aliphatic imine (C=N–C) groups is 1. The molecule has 0 saturated heterocycles. The molecule has 3 aromatic rings. The van der Waals surface area contributed by atoms with Gasteiger partial charge in [-0.3, -0.25) is 0 Å². The Morgan fingerprint density at radius 3 is 2.19 bits per heavy atom. The zero-order chi connectivity index (χ0) is 18.7. The first-order valence-corrected chi connectivity index (χ1v) is 9.03. The number of rotatable bonds is 9. The minimum atomic E-state index is 0.492. The second-order valence-electron chi connectivity index (χ2n) is 6.03. The van der Waals surface area contributed by atoms with E-state index in [1.54, 1.807) is 19.6 Å². The predicted octanol–water partition coefficient (Wildman–Crippen LogP) is 3.40. The van der Waals surface area contributed by atoms with Crippen molar-refractivity contribution in [2.75, 3.05) is 20.2 Å². The van der Waals surface area contributed by atoms with Crippen molar-refractivity contribution in [1.82, 2.24) is 10.6 Å². The second-order valence-corrected chi connectivity index (χ2v) is 6.03. The summed E-state index contributed by atoms with van der Waals surface area (Å²) in [5, 5.41) is 6.72. The number of furan rings is 2. The fraction of sp³-hybridized carbons (Fsp3) is 0.286. The quantitative estimate of drug-likeness (QED) is 0.448. The Morgan fingerprint density at radius 2 is 1.56 bits per heavy atom. The van der Waals surface area contributed by atoms with Gasteiger partial charge in [0.15, 0.2) is 5.96 Å². The van der Waals surface area contributed by atoms with Crippen LogP contribution in [0.15, 0.2) is 74.9 Å². The van der Waals surface area contributed by atoms with Crippen LogP contribution in [0, 0.1) is 0 Å². The topological polar surface area (TPSA) is 71.9 Å². The molecule has 0 amide bonds. The zero-order valence-electron chi connectivity index (χ0n) is 15.5. The van der Waals surface area contributed by atoms with Gasteiger partial charge >= 0.3 is 0 Å². The van der Waals surface area contributed by atoms with Gasteiger partial charge in [-0.15, -0.1) is 0 Å². The number of ether oxygens (including phenoxy) is 1. The lowest BCUT2D eigenvalue weighted by molar-refractivity contribution is 0.414. The van der Waals surface area contributed by atoms with Crippen LogP contribution >= 0.6 is 0 Å². The third-order valence-electron chi connectivity index (χ3n) is 4.08. The SMILES string of the molecule is COc1ccc(CCNC(=NCc2ccco2)NCCc2ccco2)cc1. The van der Waals surface area contributed by atoms with Crippen molar-refractivity contribution in [3.05, 3.63) is 78.1 Å². The first-order valence-electron chi connectivity index (χ1n) is 9.03. The van der Waals surface area contributed by atoms with E-state index in [0.29, 0.717) is 6.54 Å². The Bertz CT molecular complexity index is 794. The molecule has 2 aromatic heterocycles. The molecule has 0 spiro atoms. The molecule has 2 N–H and O–H groups in total. The van der Waals surface area contributed by atoms with Gasteiger partial charge in [-0.25, -0.2) is 4.99 Å². The van der Waals surface area contributed by atoms with E-state index in [2.05, 4.69) is 27.8 Å². The van der Waals surface area contributed by atoms with Crippen LogP contribution in [0.2, 0.25) is 0 Å². The Balaban J connectivity index is 1.50. The van der Waals surface area contributed by atoms with E-state index in [-0.39, 0.29) is 0 Å². The summed E-state index contributed by atoms with van der Waals surface area (Å²) in [5.41, 5.74) is 1.24. The summed E-state index contributed by atoms with van der Waals surface area (Å²) >= 11 is 0. The van der Waals surface area contributed by atoms with E-state index < -0.39 is 0 Å². The number of nitrogens with one attached hydrogen (secondary N) is 2. The third-order valence-corrected chi connectivity index (χ3v) is 4.08. The summed E-state index contributed by atoms with van der Waals surface area (Å²) in [6.45, 7) is 2.00. The van der Waals surface area contributed by atoms with Crippen molar-refractivity contribution < 1.29 is 13.6 Å². The van der Waals surface area contributed by atoms with Crippen molar-refractivity contribution in [3.63, 3.8) is 0 Å². The van der Waals surface area contributed by atoms with Crippen molar-refractivity contribution >= 4 is 5.96 Å². The Morgan fingerprint density at radius 1 is 0.889 bits per heavy atom. The Kier molecular flexibility index (Phi) is 6.98. The standard InChI is InChI=1S/C21H25N3O3/c1-25-18-8-6-17(7-9-18)10-12-22-21(24-16-20-5-3-15-27-20)23-13-11-19-4-2-14-26-19/h2-9,14-15H,10-13,16H2,1H3,(H2,22,23,24). The van der Waals surface area contributed by atoms with Gasteiger partial charge in [0.05, 0.1) is 19.6 Å². The van der Waals surface area contributed by atoms with Crippen LogP contribution in [-0.4, -0.2) is 26.2 Å². The predicted molar refractivity (Wildman–Crippen MR) is 105 cm³/mol. The van der Waals surface area contributed by atoms with Gasteiger partial charge < -0.3 is 24.2 Å². The average molecular weight is 367 g/mol. The Labute approximate surface area is 159 Å². The van der Waals surface area contributed by atoms with Crippen LogP contribution in [-0.2, 0) is 19.4 Å². The largest absolute Gasteiger partial charge is 0.497 e. The van der Waals surface area contributed by atoms with Gasteiger partial charge in [-0.05, 0) is 48.4 Å². The molecule has 0 bridgehead atoms. The summed E-state index contributed by atoms with van der Waals surface area (Å²) in [5.74, 6) is 3.40. The van der Waals surface area contributed by atoms with Crippen LogP contribution in [0.1, 0.15) is 17.1 Å². The van der Waals surface area contributed by atoms with E-state index in [9.17, 15) is 0 Å². The molecule has 6 nitrogen and oxygen atoms in total. The summed E-state index contributed by atoms with van der Waals surface area (Å²) < 4.78 is 15.9. The van der Waals surface area contributed by atoms with Crippen LogP contribution in [0.3, 0.4) is 0 Å². The Hall–Kier alpha value is -3.15. The van der Waals surface area contributed by atoms with E-state index in [1.165, 1.54) is 5.56 Å². The molecule has 0 aliphatic carbocycles. The van der Waals surface area contributed by atoms with Crippen LogP contribution < -0.4 is 15.4 Å². The fourth-order valence-corrected chi connectivity index (χ4v) is 2.61. The normalized spacial score (nSPS) is 11.4. The van der Waals surface area contributed by atoms with Crippen molar-refractivity contribution in [2.24, 2.45) is 4.99 Å². The van der Waals surface area contributed by atoms with Crippen molar-refractivity contribution in [1.29, 1.82) is 0 Å². The van der Waals surface area contributed by atoms with Crippen molar-refractivity contribution in [2.45, 2.75) is 19.4 Å². The molecule has 2 heterocycles. The van der Waals surface area contributed by atoms with Crippen LogP contribution in [0.25, 0.3) is 0 Å². The monoisotopic (exact) mass is 367 g/mol. The van der Waals surface area contributed by atoms with E-state index >= 15 is 0 Å². The molecule has 0 saturated carbocycles. The first kappa shape index (κ1) is 18.6. The maximum absolute atomic E-state index is 5.37. The molecule has 27 heavy (non-hydrogen) atoms. The average Bonchev–Trinajstić information content (AvgIpc) is 3.40. The van der Waals surface area contributed by atoms with Crippen LogP contribution in [0.4, 0.5) is 0 Å². The van der Waals surface area contributed by atoms with Crippen LogP contribution in [0.5, 0.6) is 5.75 Å². The zero-order valence-corrected chi connectivity index (χ0v) is 15.5. The smallest absolute Gasteiger partial charge is 0.191 e. The molecule has 142 valence electrons. The molecule has 0 aliphatic rings. The van der Waals surface area contributed by atoms with Gasteiger partial charge in [0, 0.05) is 19.5 Å². The van der Waals surface area contributed by atoms with Gasteiger partial charge in [0.1, 0.15) is 23.8 Å². The molecule has 0 atom stereocenters. The van der Waals surface area contributed by atoms with Crippen molar-refractivity contribution in [3.8, 4) is 5.75 Å². The molecule has 1 aromatic carbocycles. The summed E-state index contributed by atoms with van der Waals surface area (Å²) in [6, 6.07) is 15.8. The van der Waals surface area contributed by atoms with E-state index in [4.69, 9.17) is 13.6 Å². The summed E-state index contributed by atoms with van der Waals surface area (Å²) in [6.07, 6.45) is 5.04. The molecule has 0 aliphatic heterocycles. The molecule has 0 fully saturated rings. The highest BCUT2D eigenvalue weighted by molar-refractivity contribution is 5.79. The molecular weight excluding hydrogens is 342 g/mol. The minimum Gasteiger partial charge on any atom is -0.497 e. The number of nitrogens with zero attached hydrogens (tertiary/aromatic N) is 1. The molecule has 0 radical (unpaired) electrons. The summed E-state index contributed by atoms with van der Waals surface area (Å²) in [4.78, 5) is 4.59. The number of hydrogen-bond donors (Lipinski definition) is 2. The lowest BCUT2D eigenvalue weighted by Crippen LogP contribution is -2.39. The molecule has 3 rings (SSSR count). The summed E-state index contributed by atoms with van der Waals surface area (Å²) in [7, 11) is 1.67. The number of guanidine groups is 1.